The van der Waals surface area contributed by atoms with E-state index in [0.29, 0.717) is 12.8 Å². The van der Waals surface area contributed by atoms with Gasteiger partial charge in [-0.1, -0.05) is 49.0 Å². The fourth-order valence-corrected chi connectivity index (χ4v) is 2.88. The van der Waals surface area contributed by atoms with Crippen LogP contribution in [0, 0.1) is 0 Å². The molecule has 2 aromatic carbocycles. The molecule has 3 nitrogen and oxygen atoms in total. The first-order valence-electron chi connectivity index (χ1n) is 7.97. The van der Waals surface area contributed by atoms with E-state index >= 15 is 0 Å². The van der Waals surface area contributed by atoms with Crippen molar-refractivity contribution in [2.75, 3.05) is 7.11 Å². The Kier molecular flexibility index (Phi) is 4.71. The van der Waals surface area contributed by atoms with E-state index in [0.717, 1.165) is 28.4 Å². The first-order valence-corrected chi connectivity index (χ1v) is 7.97. The molecular weight excluding hydrogens is 298 g/mol. The second-order valence-corrected chi connectivity index (χ2v) is 5.65. The summed E-state index contributed by atoms with van der Waals surface area (Å²) in [6.45, 7) is 3.59. The molecule has 3 rings (SSSR count). The molecule has 0 aliphatic heterocycles. The highest BCUT2D eigenvalue weighted by molar-refractivity contribution is 5.66. The summed E-state index contributed by atoms with van der Waals surface area (Å²) in [5, 5.41) is 9.47. The Morgan fingerprint density at radius 1 is 1.00 bits per heavy atom. The number of rotatable bonds is 6. The molecule has 0 bridgehead atoms. The van der Waals surface area contributed by atoms with Crippen LogP contribution in [0.4, 0.5) is 0 Å². The van der Waals surface area contributed by atoms with E-state index in [2.05, 4.69) is 35.4 Å². The number of hydrogen-bond acceptors (Lipinski definition) is 2. The lowest BCUT2D eigenvalue weighted by molar-refractivity contribution is 0.390. The second kappa shape index (κ2) is 7.09. The van der Waals surface area contributed by atoms with Crippen molar-refractivity contribution >= 4 is 0 Å². The number of aliphatic hydroxyl groups excluding tert-OH is 1. The third-order valence-electron chi connectivity index (χ3n) is 4.03. The largest absolute Gasteiger partial charge is 0.513 e. The van der Waals surface area contributed by atoms with Crippen molar-refractivity contribution in [3.8, 4) is 22.7 Å². The highest BCUT2D eigenvalue weighted by Crippen LogP contribution is 2.32. The van der Waals surface area contributed by atoms with Gasteiger partial charge in [0.25, 0.3) is 0 Å². The number of benzene rings is 2. The number of aryl methyl sites for hydroxylation is 1. The maximum absolute atomic E-state index is 9.47. The predicted octanol–water partition coefficient (Wildman–Crippen LogP) is 5.16. The fourth-order valence-electron chi connectivity index (χ4n) is 2.88. The van der Waals surface area contributed by atoms with Crippen molar-refractivity contribution in [2.45, 2.75) is 12.8 Å². The van der Waals surface area contributed by atoms with E-state index in [-0.39, 0.29) is 5.76 Å². The van der Waals surface area contributed by atoms with Crippen molar-refractivity contribution < 1.29 is 9.84 Å². The zero-order chi connectivity index (χ0) is 16.9. The van der Waals surface area contributed by atoms with Crippen LogP contribution in [0.2, 0.25) is 0 Å². The van der Waals surface area contributed by atoms with Crippen LogP contribution in [0.15, 0.2) is 79.1 Å². The quantitative estimate of drug-likeness (QED) is 0.637. The Morgan fingerprint density at radius 2 is 1.71 bits per heavy atom. The number of para-hydroxylation sites is 2. The molecule has 3 heteroatoms. The summed E-state index contributed by atoms with van der Waals surface area (Å²) in [5.41, 5.74) is 4.33. The molecule has 1 N–H and O–H groups in total. The number of aromatic nitrogens is 1. The summed E-state index contributed by atoms with van der Waals surface area (Å²) in [6, 6.07) is 22.4. The van der Waals surface area contributed by atoms with Gasteiger partial charge in [0.1, 0.15) is 5.75 Å². The minimum absolute atomic E-state index is 0.198. The second-order valence-electron chi connectivity index (χ2n) is 5.65. The van der Waals surface area contributed by atoms with Crippen LogP contribution in [0.5, 0.6) is 5.75 Å². The number of allylic oxidation sites excluding steroid dienone is 1. The van der Waals surface area contributed by atoms with E-state index in [9.17, 15) is 5.11 Å². The first kappa shape index (κ1) is 15.9. The Labute approximate surface area is 142 Å². The molecule has 0 aliphatic carbocycles. The van der Waals surface area contributed by atoms with Crippen molar-refractivity contribution in [1.29, 1.82) is 0 Å². The van der Waals surface area contributed by atoms with E-state index in [4.69, 9.17) is 4.74 Å². The van der Waals surface area contributed by atoms with Crippen molar-refractivity contribution in [1.82, 2.24) is 4.57 Å². The number of methoxy groups -OCH3 is 1. The molecule has 1 heterocycles. The van der Waals surface area contributed by atoms with Crippen LogP contribution in [0.25, 0.3) is 16.9 Å². The van der Waals surface area contributed by atoms with Gasteiger partial charge in [0.15, 0.2) is 0 Å². The molecule has 0 aliphatic rings. The molecule has 0 fully saturated rings. The molecule has 0 unspecified atom stereocenters. The first-order chi connectivity index (χ1) is 11.7. The average Bonchev–Trinajstić information content (AvgIpc) is 3.04. The summed E-state index contributed by atoms with van der Waals surface area (Å²) < 4.78 is 7.74. The standard InChI is InChI=1S/C21H21NO2/c1-16(23)12-13-18-14-15-19(17-8-4-3-5-9-17)22(18)20-10-6-7-11-21(20)24-2/h3-11,14-15,23H,1,12-13H2,2H3. The zero-order valence-corrected chi connectivity index (χ0v) is 13.8. The van der Waals surface area contributed by atoms with Gasteiger partial charge in [-0.15, -0.1) is 0 Å². The van der Waals surface area contributed by atoms with Gasteiger partial charge in [0, 0.05) is 12.1 Å². The maximum Gasteiger partial charge on any atom is 0.142 e. The average molecular weight is 319 g/mol. The van der Waals surface area contributed by atoms with Gasteiger partial charge in [-0.3, -0.25) is 0 Å². The third-order valence-corrected chi connectivity index (χ3v) is 4.03. The summed E-state index contributed by atoms with van der Waals surface area (Å²) in [5.74, 6) is 1.01. The van der Waals surface area contributed by atoms with E-state index in [1.165, 1.54) is 0 Å². The van der Waals surface area contributed by atoms with Gasteiger partial charge in [-0.05, 0) is 36.2 Å². The Bertz CT molecular complexity index is 834. The number of hydrogen-bond donors (Lipinski definition) is 1. The van der Waals surface area contributed by atoms with Gasteiger partial charge >= 0.3 is 0 Å². The molecule has 122 valence electrons. The lowest BCUT2D eigenvalue weighted by Gasteiger charge is -2.17. The summed E-state index contributed by atoms with van der Waals surface area (Å²) in [7, 11) is 1.68. The molecule has 24 heavy (non-hydrogen) atoms. The van der Waals surface area contributed by atoms with E-state index in [1.54, 1.807) is 7.11 Å². The lowest BCUT2D eigenvalue weighted by atomic mass is 10.1. The molecular formula is C21H21NO2. The monoisotopic (exact) mass is 319 g/mol. The SMILES string of the molecule is C=C(O)CCc1ccc(-c2ccccc2)n1-c1ccccc1OC. The van der Waals surface area contributed by atoms with Crippen molar-refractivity contribution in [3.05, 3.63) is 84.8 Å². The van der Waals surface area contributed by atoms with Crippen molar-refractivity contribution in [2.24, 2.45) is 0 Å². The maximum atomic E-state index is 9.47. The van der Waals surface area contributed by atoms with Crippen LogP contribution in [-0.2, 0) is 6.42 Å². The van der Waals surface area contributed by atoms with E-state index in [1.807, 2.05) is 42.5 Å². The highest BCUT2D eigenvalue weighted by atomic mass is 16.5. The normalized spacial score (nSPS) is 10.5. The number of nitrogens with zero attached hydrogens (tertiary/aromatic N) is 1. The third kappa shape index (κ3) is 3.20. The van der Waals surface area contributed by atoms with Crippen LogP contribution in [0.3, 0.4) is 0 Å². The summed E-state index contributed by atoms with van der Waals surface area (Å²) in [4.78, 5) is 0. The van der Waals surface area contributed by atoms with Crippen LogP contribution in [0.1, 0.15) is 12.1 Å². The molecule has 0 saturated carbocycles. The molecule has 0 saturated heterocycles. The fraction of sp³-hybridized carbons (Fsp3) is 0.143. The topological polar surface area (TPSA) is 34.4 Å². The summed E-state index contributed by atoms with van der Waals surface area (Å²) >= 11 is 0. The molecule has 1 aromatic heterocycles. The van der Waals surface area contributed by atoms with Gasteiger partial charge in [0.2, 0.25) is 0 Å². The molecule has 0 atom stereocenters. The molecule has 0 amide bonds. The minimum Gasteiger partial charge on any atom is -0.513 e. The van der Waals surface area contributed by atoms with Crippen LogP contribution < -0.4 is 4.74 Å². The van der Waals surface area contributed by atoms with Gasteiger partial charge in [-0.25, -0.2) is 0 Å². The van der Waals surface area contributed by atoms with Crippen LogP contribution in [-0.4, -0.2) is 16.8 Å². The van der Waals surface area contributed by atoms with Crippen molar-refractivity contribution in [3.63, 3.8) is 0 Å². The molecule has 3 aromatic rings. The lowest BCUT2D eigenvalue weighted by Crippen LogP contribution is -2.04. The van der Waals surface area contributed by atoms with Gasteiger partial charge in [-0.2, -0.15) is 0 Å². The predicted molar refractivity (Wildman–Crippen MR) is 97.8 cm³/mol. The summed E-state index contributed by atoms with van der Waals surface area (Å²) in [6.07, 6.45) is 1.24. The Hall–Kier alpha value is -2.94. The van der Waals surface area contributed by atoms with Gasteiger partial charge in [0.05, 0.1) is 24.3 Å². The smallest absolute Gasteiger partial charge is 0.142 e. The Balaban J connectivity index is 2.16. The number of aliphatic hydroxyl groups is 1. The zero-order valence-electron chi connectivity index (χ0n) is 13.8. The molecule has 0 spiro atoms. The van der Waals surface area contributed by atoms with Gasteiger partial charge < -0.3 is 14.4 Å². The van der Waals surface area contributed by atoms with Crippen LogP contribution >= 0.6 is 0 Å². The minimum atomic E-state index is 0.198. The number of ether oxygens (including phenoxy) is 1. The highest BCUT2D eigenvalue weighted by Gasteiger charge is 2.15. The Morgan fingerprint density at radius 3 is 2.42 bits per heavy atom. The van der Waals surface area contributed by atoms with E-state index < -0.39 is 0 Å². The molecule has 0 radical (unpaired) electrons.